The van der Waals surface area contributed by atoms with Gasteiger partial charge in [0.25, 0.3) is 0 Å². The van der Waals surface area contributed by atoms with Crippen molar-refractivity contribution in [2.75, 3.05) is 0 Å². The van der Waals surface area contributed by atoms with Crippen molar-refractivity contribution in [2.24, 2.45) is 5.92 Å². The van der Waals surface area contributed by atoms with Crippen LogP contribution < -0.4 is 10.6 Å². The first-order valence-corrected chi connectivity index (χ1v) is 7.09. The molecule has 1 aromatic rings. The van der Waals surface area contributed by atoms with Gasteiger partial charge in [-0.25, -0.2) is 4.79 Å². The van der Waals surface area contributed by atoms with Gasteiger partial charge in [-0.15, -0.1) is 11.3 Å². The van der Waals surface area contributed by atoms with E-state index in [2.05, 4.69) is 10.6 Å². The van der Waals surface area contributed by atoms with E-state index in [9.17, 15) is 14.4 Å². The highest BCUT2D eigenvalue weighted by atomic mass is 32.1. The lowest BCUT2D eigenvalue weighted by Gasteiger charge is -2.09. The number of nitrogens with one attached hydrogen (secondary N) is 2. The van der Waals surface area contributed by atoms with E-state index in [1.54, 1.807) is 6.92 Å². The van der Waals surface area contributed by atoms with E-state index in [0.29, 0.717) is 6.54 Å². The Balaban J connectivity index is 2.29. The predicted molar refractivity (Wildman–Crippen MR) is 75.5 cm³/mol. The average molecular weight is 298 g/mol. The molecule has 0 saturated heterocycles. The first kappa shape index (κ1) is 16.2. The Labute approximate surface area is 121 Å². The van der Waals surface area contributed by atoms with E-state index < -0.39 is 17.9 Å². The summed E-state index contributed by atoms with van der Waals surface area (Å²) in [7, 11) is 0. The van der Waals surface area contributed by atoms with Crippen LogP contribution in [0, 0.1) is 12.8 Å². The highest BCUT2D eigenvalue weighted by molar-refractivity contribution is 7.10. The Bertz CT molecular complexity index is 498. The second-order valence-corrected chi connectivity index (χ2v) is 5.67. The SMILES string of the molecule is Cc1ccsc1CNC(=O)NC(=O)CC(C)CC(=O)O. The number of carboxylic acids is 1. The predicted octanol–water partition coefficient (Wildman–Crippen LogP) is 1.88. The molecule has 20 heavy (non-hydrogen) atoms. The molecule has 3 amide bonds. The number of aliphatic carboxylic acids is 1. The van der Waals surface area contributed by atoms with Gasteiger partial charge in [0.2, 0.25) is 5.91 Å². The van der Waals surface area contributed by atoms with Crippen molar-refractivity contribution in [3.05, 3.63) is 21.9 Å². The molecule has 1 atom stereocenters. The number of carbonyl (C=O) groups is 3. The summed E-state index contributed by atoms with van der Waals surface area (Å²) in [5, 5.41) is 15.3. The topological polar surface area (TPSA) is 95.5 Å². The van der Waals surface area contributed by atoms with E-state index >= 15 is 0 Å². The first-order chi connectivity index (χ1) is 9.38. The lowest BCUT2D eigenvalue weighted by atomic mass is 10.0. The van der Waals surface area contributed by atoms with Crippen LogP contribution in [0.3, 0.4) is 0 Å². The second kappa shape index (κ2) is 7.64. The highest BCUT2D eigenvalue weighted by Gasteiger charge is 2.14. The van der Waals surface area contributed by atoms with E-state index in [0.717, 1.165) is 10.4 Å². The van der Waals surface area contributed by atoms with Crippen molar-refractivity contribution >= 4 is 29.2 Å². The summed E-state index contributed by atoms with van der Waals surface area (Å²) in [4.78, 5) is 34.5. The van der Waals surface area contributed by atoms with Gasteiger partial charge in [-0.05, 0) is 29.9 Å². The molecule has 0 fully saturated rings. The summed E-state index contributed by atoms with van der Waals surface area (Å²) in [6.07, 6.45) is -0.0822. The number of carboxylic acid groups (broad SMARTS) is 1. The minimum absolute atomic E-state index is 0.0117. The van der Waals surface area contributed by atoms with Crippen LogP contribution in [0.15, 0.2) is 11.4 Å². The van der Waals surface area contributed by atoms with Crippen LogP contribution >= 0.6 is 11.3 Å². The Morgan fingerprint density at radius 2 is 2.05 bits per heavy atom. The summed E-state index contributed by atoms with van der Waals surface area (Å²) >= 11 is 1.54. The molecule has 1 aromatic heterocycles. The Hall–Kier alpha value is -1.89. The molecule has 6 nitrogen and oxygen atoms in total. The molecule has 1 unspecified atom stereocenters. The Kier molecular flexibility index (Phi) is 6.17. The van der Waals surface area contributed by atoms with Crippen LogP contribution in [0.5, 0.6) is 0 Å². The molecule has 0 aliphatic carbocycles. The van der Waals surface area contributed by atoms with Gasteiger partial charge in [0.1, 0.15) is 0 Å². The normalized spacial score (nSPS) is 11.7. The molecule has 0 aliphatic rings. The van der Waals surface area contributed by atoms with Gasteiger partial charge < -0.3 is 10.4 Å². The third-order valence-electron chi connectivity index (χ3n) is 2.69. The number of urea groups is 1. The molecular weight excluding hydrogens is 280 g/mol. The Morgan fingerprint density at radius 1 is 1.35 bits per heavy atom. The fourth-order valence-corrected chi connectivity index (χ4v) is 2.50. The monoisotopic (exact) mass is 298 g/mol. The number of amides is 3. The smallest absolute Gasteiger partial charge is 0.321 e. The molecule has 1 rings (SSSR count). The van der Waals surface area contributed by atoms with Crippen LogP contribution in [0.25, 0.3) is 0 Å². The van der Waals surface area contributed by atoms with E-state index in [-0.39, 0.29) is 18.8 Å². The van der Waals surface area contributed by atoms with Crippen LogP contribution in [-0.2, 0) is 16.1 Å². The van der Waals surface area contributed by atoms with Gasteiger partial charge in [0.05, 0.1) is 6.54 Å². The maximum absolute atomic E-state index is 11.5. The van der Waals surface area contributed by atoms with Crippen LogP contribution in [0.4, 0.5) is 4.79 Å². The fraction of sp³-hybridized carbons (Fsp3) is 0.462. The van der Waals surface area contributed by atoms with Gasteiger partial charge in [-0.3, -0.25) is 14.9 Å². The van der Waals surface area contributed by atoms with Crippen molar-refractivity contribution in [1.82, 2.24) is 10.6 Å². The summed E-state index contributed by atoms with van der Waals surface area (Å²) in [6.45, 7) is 3.97. The van der Waals surface area contributed by atoms with Gasteiger partial charge in [0.15, 0.2) is 0 Å². The molecule has 0 aromatic carbocycles. The average Bonchev–Trinajstić information content (AvgIpc) is 2.70. The Morgan fingerprint density at radius 3 is 2.60 bits per heavy atom. The number of aryl methyl sites for hydroxylation is 1. The zero-order chi connectivity index (χ0) is 15.1. The number of imide groups is 1. The third kappa shape index (κ3) is 5.83. The zero-order valence-corrected chi connectivity index (χ0v) is 12.3. The van der Waals surface area contributed by atoms with Crippen LogP contribution in [0.1, 0.15) is 30.2 Å². The number of rotatable bonds is 6. The number of hydrogen-bond acceptors (Lipinski definition) is 4. The minimum atomic E-state index is -0.956. The van der Waals surface area contributed by atoms with Gasteiger partial charge in [-0.2, -0.15) is 0 Å². The quantitative estimate of drug-likeness (QED) is 0.747. The molecule has 1 heterocycles. The second-order valence-electron chi connectivity index (χ2n) is 4.66. The lowest BCUT2D eigenvalue weighted by Crippen LogP contribution is -2.39. The van der Waals surface area contributed by atoms with Crippen molar-refractivity contribution in [3.8, 4) is 0 Å². The maximum atomic E-state index is 11.5. The van der Waals surface area contributed by atoms with Gasteiger partial charge >= 0.3 is 12.0 Å². The van der Waals surface area contributed by atoms with Crippen molar-refractivity contribution in [1.29, 1.82) is 0 Å². The summed E-state index contributed by atoms with van der Waals surface area (Å²) < 4.78 is 0. The molecule has 7 heteroatoms. The molecule has 0 saturated carbocycles. The van der Waals surface area contributed by atoms with Crippen molar-refractivity contribution in [2.45, 2.75) is 33.2 Å². The van der Waals surface area contributed by atoms with E-state index in [4.69, 9.17) is 5.11 Å². The van der Waals surface area contributed by atoms with Gasteiger partial charge in [0, 0.05) is 17.7 Å². The maximum Gasteiger partial charge on any atom is 0.321 e. The molecule has 0 radical (unpaired) electrons. The van der Waals surface area contributed by atoms with Crippen molar-refractivity contribution < 1.29 is 19.5 Å². The minimum Gasteiger partial charge on any atom is -0.481 e. The largest absolute Gasteiger partial charge is 0.481 e. The molecule has 0 spiro atoms. The van der Waals surface area contributed by atoms with Crippen LogP contribution in [0.2, 0.25) is 0 Å². The third-order valence-corrected chi connectivity index (χ3v) is 3.71. The van der Waals surface area contributed by atoms with Crippen LogP contribution in [-0.4, -0.2) is 23.0 Å². The fourth-order valence-electron chi connectivity index (χ4n) is 1.65. The summed E-state index contributed by atoms with van der Waals surface area (Å²) in [5.74, 6) is -1.73. The van der Waals surface area contributed by atoms with Crippen molar-refractivity contribution in [3.63, 3.8) is 0 Å². The molecule has 0 aliphatic heterocycles. The molecule has 0 bridgehead atoms. The first-order valence-electron chi connectivity index (χ1n) is 6.21. The molecule has 110 valence electrons. The highest BCUT2D eigenvalue weighted by Crippen LogP contribution is 2.14. The summed E-state index contributed by atoms with van der Waals surface area (Å²) in [6, 6.07) is 1.39. The molecular formula is C13H18N2O4S. The molecule has 3 N–H and O–H groups in total. The van der Waals surface area contributed by atoms with E-state index in [1.165, 1.54) is 11.3 Å². The number of hydrogen-bond donors (Lipinski definition) is 3. The number of thiophene rings is 1. The summed E-state index contributed by atoms with van der Waals surface area (Å²) in [5.41, 5.74) is 1.09. The number of carbonyl (C=O) groups excluding carboxylic acids is 2. The van der Waals surface area contributed by atoms with E-state index in [1.807, 2.05) is 18.4 Å². The lowest BCUT2D eigenvalue weighted by molar-refractivity contribution is -0.138. The zero-order valence-electron chi connectivity index (χ0n) is 11.4. The van der Waals surface area contributed by atoms with Gasteiger partial charge in [-0.1, -0.05) is 6.92 Å². The standard InChI is InChI=1S/C13H18N2O4S/c1-8(6-12(17)18)5-11(16)15-13(19)14-7-10-9(2)3-4-20-10/h3-4,8H,5-7H2,1-2H3,(H,17,18)(H2,14,15,16,19).